The van der Waals surface area contributed by atoms with E-state index in [2.05, 4.69) is 14.9 Å². The third-order valence-electron chi connectivity index (χ3n) is 3.10. The molecular weight excluding hydrogens is 344 g/mol. The van der Waals surface area contributed by atoms with Gasteiger partial charge in [0, 0.05) is 18.2 Å². The molecule has 9 nitrogen and oxygen atoms in total. The van der Waals surface area contributed by atoms with Gasteiger partial charge in [0.25, 0.3) is 5.89 Å². The zero-order valence-corrected chi connectivity index (χ0v) is 14.6. The number of carbonyl (C=O) groups excluding carboxylic acids is 2. The first kappa shape index (κ1) is 19.0. The topological polar surface area (TPSA) is 110 Å². The van der Waals surface area contributed by atoms with Gasteiger partial charge in [-0.1, -0.05) is 5.16 Å². The van der Waals surface area contributed by atoms with Crippen molar-refractivity contribution in [1.29, 1.82) is 0 Å². The lowest BCUT2D eigenvalue weighted by atomic mass is 10.2. The number of nitrogens with zero attached hydrogens (tertiary/aromatic N) is 2. The van der Waals surface area contributed by atoms with E-state index in [1.165, 1.54) is 7.11 Å². The summed E-state index contributed by atoms with van der Waals surface area (Å²) >= 11 is 0. The number of methoxy groups -OCH3 is 2. The van der Waals surface area contributed by atoms with Crippen LogP contribution in [0.3, 0.4) is 0 Å². The molecule has 26 heavy (non-hydrogen) atoms. The van der Waals surface area contributed by atoms with Crippen LogP contribution >= 0.6 is 0 Å². The van der Waals surface area contributed by atoms with Gasteiger partial charge >= 0.3 is 11.9 Å². The molecule has 1 aromatic carbocycles. The first-order chi connectivity index (χ1) is 12.6. The smallest absolute Gasteiger partial charge is 0.331 e. The normalized spacial score (nSPS) is 10.6. The minimum Gasteiger partial charge on any atom is -0.497 e. The van der Waals surface area contributed by atoms with Gasteiger partial charge in [0.1, 0.15) is 11.5 Å². The second-order valence-corrected chi connectivity index (χ2v) is 4.77. The summed E-state index contributed by atoms with van der Waals surface area (Å²) in [7, 11) is 3.06. The van der Waals surface area contributed by atoms with Crippen LogP contribution in [0, 0.1) is 0 Å². The van der Waals surface area contributed by atoms with E-state index in [9.17, 15) is 9.59 Å². The average molecular weight is 362 g/mol. The molecule has 0 spiro atoms. The zero-order chi connectivity index (χ0) is 18.9. The fraction of sp³-hybridized carbons (Fsp3) is 0.294. The van der Waals surface area contributed by atoms with E-state index in [4.69, 9.17) is 18.7 Å². The second-order valence-electron chi connectivity index (χ2n) is 4.77. The fourth-order valence-corrected chi connectivity index (χ4v) is 1.91. The van der Waals surface area contributed by atoms with Crippen LogP contribution in [0.15, 0.2) is 34.9 Å². The highest BCUT2D eigenvalue weighted by Gasteiger charge is 2.15. The number of benzene rings is 1. The van der Waals surface area contributed by atoms with Crippen LogP contribution < -0.4 is 9.47 Å². The Bertz CT molecular complexity index is 798. The molecule has 0 amide bonds. The summed E-state index contributed by atoms with van der Waals surface area (Å²) in [6.07, 6.45) is 1.94. The Kier molecular flexibility index (Phi) is 6.72. The van der Waals surface area contributed by atoms with Crippen molar-refractivity contribution >= 4 is 11.9 Å². The number of esters is 2. The largest absolute Gasteiger partial charge is 0.497 e. The molecule has 0 fully saturated rings. The standard InChI is InChI=1S/C17H18N2O7/c1-4-24-15(20)7-8-16(21)25-10-14-18-17(19-26-14)12-6-5-11(22-2)9-13(12)23-3/h5-9H,4,10H2,1-3H3/b8-7+. The van der Waals surface area contributed by atoms with Crippen molar-refractivity contribution in [2.75, 3.05) is 20.8 Å². The highest BCUT2D eigenvalue weighted by molar-refractivity contribution is 5.91. The molecule has 0 aliphatic heterocycles. The molecule has 0 aliphatic rings. The van der Waals surface area contributed by atoms with Gasteiger partial charge < -0.3 is 23.5 Å². The highest BCUT2D eigenvalue weighted by atomic mass is 16.6. The molecule has 0 atom stereocenters. The van der Waals surface area contributed by atoms with Crippen LogP contribution in [-0.4, -0.2) is 42.9 Å². The van der Waals surface area contributed by atoms with Gasteiger partial charge in [-0.2, -0.15) is 4.98 Å². The van der Waals surface area contributed by atoms with Gasteiger partial charge in [-0.15, -0.1) is 0 Å². The van der Waals surface area contributed by atoms with Crippen molar-refractivity contribution in [3.8, 4) is 22.9 Å². The summed E-state index contributed by atoms with van der Waals surface area (Å²) in [6.45, 7) is 1.64. The Morgan fingerprint density at radius 2 is 1.85 bits per heavy atom. The molecule has 0 bridgehead atoms. The van der Waals surface area contributed by atoms with Gasteiger partial charge in [-0.05, 0) is 19.1 Å². The molecule has 1 aromatic heterocycles. The molecule has 138 valence electrons. The minimum absolute atomic E-state index is 0.0933. The van der Waals surface area contributed by atoms with Crippen LogP contribution in [0.4, 0.5) is 0 Å². The monoisotopic (exact) mass is 362 g/mol. The van der Waals surface area contributed by atoms with E-state index in [1.807, 2.05) is 0 Å². The molecule has 0 radical (unpaired) electrons. The van der Waals surface area contributed by atoms with Crippen molar-refractivity contribution in [1.82, 2.24) is 10.1 Å². The predicted molar refractivity (Wildman–Crippen MR) is 88.4 cm³/mol. The Hall–Kier alpha value is -3.36. The summed E-state index contributed by atoms with van der Waals surface area (Å²) in [5, 5.41) is 3.84. The Morgan fingerprint density at radius 1 is 1.12 bits per heavy atom. The van der Waals surface area contributed by atoms with Crippen molar-refractivity contribution in [3.05, 3.63) is 36.2 Å². The summed E-state index contributed by atoms with van der Waals surface area (Å²) in [6, 6.07) is 5.14. The lowest BCUT2D eigenvalue weighted by molar-refractivity contribution is -0.141. The van der Waals surface area contributed by atoms with Crippen molar-refractivity contribution in [3.63, 3.8) is 0 Å². The minimum atomic E-state index is -0.736. The molecular formula is C17H18N2O7. The van der Waals surface area contributed by atoms with Crippen molar-refractivity contribution < 1.29 is 33.1 Å². The van der Waals surface area contributed by atoms with E-state index in [1.54, 1.807) is 32.2 Å². The Morgan fingerprint density at radius 3 is 2.50 bits per heavy atom. The molecule has 0 unspecified atom stereocenters. The SMILES string of the molecule is CCOC(=O)/C=C/C(=O)OCc1nc(-c2ccc(OC)cc2OC)no1. The van der Waals surface area contributed by atoms with E-state index >= 15 is 0 Å². The van der Waals surface area contributed by atoms with Crippen LogP contribution in [0.2, 0.25) is 0 Å². The molecule has 0 saturated carbocycles. The number of hydrogen-bond donors (Lipinski definition) is 0. The molecule has 9 heteroatoms. The van der Waals surface area contributed by atoms with Gasteiger partial charge in [0.05, 0.1) is 26.4 Å². The van der Waals surface area contributed by atoms with Crippen molar-refractivity contribution in [2.24, 2.45) is 0 Å². The lowest BCUT2D eigenvalue weighted by Crippen LogP contribution is -2.04. The lowest BCUT2D eigenvalue weighted by Gasteiger charge is -2.07. The maximum atomic E-state index is 11.5. The number of carbonyl (C=O) groups is 2. The molecule has 0 saturated heterocycles. The van der Waals surface area contributed by atoms with Crippen LogP contribution in [0.1, 0.15) is 12.8 Å². The molecule has 2 aromatic rings. The quantitative estimate of drug-likeness (QED) is 0.513. The first-order valence-electron chi connectivity index (χ1n) is 7.64. The van der Waals surface area contributed by atoms with Gasteiger partial charge in [-0.3, -0.25) is 0 Å². The van der Waals surface area contributed by atoms with Gasteiger partial charge in [0.2, 0.25) is 5.82 Å². The van der Waals surface area contributed by atoms with Crippen LogP contribution in [0.5, 0.6) is 11.5 Å². The number of ether oxygens (including phenoxy) is 4. The van der Waals surface area contributed by atoms with Gasteiger partial charge in [0.15, 0.2) is 6.61 Å². The number of rotatable bonds is 8. The Balaban J connectivity index is 2.00. The molecule has 0 aliphatic carbocycles. The number of aromatic nitrogens is 2. The summed E-state index contributed by atoms with van der Waals surface area (Å²) in [5.74, 6) is 0.132. The van der Waals surface area contributed by atoms with E-state index in [0.29, 0.717) is 17.1 Å². The van der Waals surface area contributed by atoms with E-state index < -0.39 is 11.9 Å². The van der Waals surface area contributed by atoms with Gasteiger partial charge in [-0.25, -0.2) is 9.59 Å². The molecule has 0 N–H and O–H groups in total. The van der Waals surface area contributed by atoms with Crippen molar-refractivity contribution in [2.45, 2.75) is 13.5 Å². The average Bonchev–Trinajstić information content (AvgIpc) is 3.13. The second kappa shape index (κ2) is 9.21. The summed E-state index contributed by atoms with van der Waals surface area (Å²) in [4.78, 5) is 26.8. The fourth-order valence-electron chi connectivity index (χ4n) is 1.91. The number of hydrogen-bond acceptors (Lipinski definition) is 9. The maximum Gasteiger partial charge on any atom is 0.331 e. The van der Waals surface area contributed by atoms with E-state index in [0.717, 1.165) is 12.2 Å². The highest BCUT2D eigenvalue weighted by Crippen LogP contribution is 2.31. The third-order valence-corrected chi connectivity index (χ3v) is 3.10. The Labute approximate surface area is 149 Å². The van der Waals surface area contributed by atoms with Crippen LogP contribution in [-0.2, 0) is 25.7 Å². The first-order valence-corrected chi connectivity index (χ1v) is 7.64. The maximum absolute atomic E-state index is 11.5. The van der Waals surface area contributed by atoms with E-state index in [-0.39, 0.29) is 24.9 Å². The predicted octanol–water partition coefficient (Wildman–Crippen LogP) is 1.92. The molecule has 2 rings (SSSR count). The third kappa shape index (κ3) is 5.07. The van der Waals surface area contributed by atoms with Crippen LogP contribution in [0.25, 0.3) is 11.4 Å². The summed E-state index contributed by atoms with van der Waals surface area (Å²) < 4.78 is 25.0. The molecule has 1 heterocycles. The summed E-state index contributed by atoms with van der Waals surface area (Å²) in [5.41, 5.74) is 0.594. The zero-order valence-electron chi connectivity index (χ0n) is 14.6.